The molecule has 1 aromatic carbocycles. The van der Waals surface area contributed by atoms with Gasteiger partial charge in [0.05, 0.1) is 4.76 Å². The third-order valence-corrected chi connectivity index (χ3v) is 5.57. The summed E-state index contributed by atoms with van der Waals surface area (Å²) in [7, 11) is 2.13. The number of nitroso groups, excluding NO2 is 1. The summed E-state index contributed by atoms with van der Waals surface area (Å²) >= 11 is 0. The molecule has 7 heteroatoms. The van der Waals surface area contributed by atoms with Crippen LogP contribution in [0.5, 0.6) is 0 Å². The van der Waals surface area contributed by atoms with Crippen molar-refractivity contribution in [2.45, 2.75) is 50.0 Å². The number of rotatable bonds is 3. The molecule has 0 spiro atoms. The van der Waals surface area contributed by atoms with Crippen molar-refractivity contribution in [3.05, 3.63) is 29.2 Å². The van der Waals surface area contributed by atoms with E-state index in [-0.39, 0.29) is 6.04 Å². The Hall–Kier alpha value is -2.28. The zero-order chi connectivity index (χ0) is 16.8. The van der Waals surface area contributed by atoms with Crippen LogP contribution in [-0.2, 0) is 9.59 Å². The Balaban J connectivity index is 1.41. The van der Waals surface area contributed by atoms with Gasteiger partial charge in [0, 0.05) is 29.1 Å². The van der Waals surface area contributed by atoms with Gasteiger partial charge in [-0.25, -0.2) is 0 Å². The van der Waals surface area contributed by atoms with Gasteiger partial charge in [0.15, 0.2) is 0 Å². The summed E-state index contributed by atoms with van der Waals surface area (Å²) in [6, 6.07) is 7.84. The molecule has 2 saturated heterocycles. The Morgan fingerprint density at radius 3 is 2.54 bits per heavy atom. The number of amides is 1. The molecule has 3 aliphatic heterocycles. The van der Waals surface area contributed by atoms with E-state index < -0.39 is 17.9 Å². The van der Waals surface area contributed by atoms with Crippen molar-refractivity contribution in [2.24, 2.45) is 0 Å². The highest BCUT2D eigenvalue weighted by Crippen LogP contribution is 2.34. The van der Waals surface area contributed by atoms with Gasteiger partial charge >= 0.3 is 11.9 Å². The fourth-order valence-corrected chi connectivity index (χ4v) is 4.21. The van der Waals surface area contributed by atoms with Gasteiger partial charge < -0.3 is 15.5 Å². The second-order valence-corrected chi connectivity index (χ2v) is 6.95. The Morgan fingerprint density at radius 2 is 1.88 bits per heavy atom. The molecule has 3 heterocycles. The van der Waals surface area contributed by atoms with Crippen LogP contribution < -0.4 is 10.6 Å². The molecule has 0 saturated carbocycles. The van der Waals surface area contributed by atoms with Crippen LogP contribution >= 0.6 is 0 Å². The first-order valence-electron chi connectivity index (χ1n) is 8.43. The molecular weight excluding hydrogens is 308 g/mol. The Morgan fingerprint density at radius 1 is 1.21 bits per heavy atom. The van der Waals surface area contributed by atoms with Gasteiger partial charge in [0.2, 0.25) is 0 Å². The number of nitrogens with one attached hydrogen (secondary N) is 2. The van der Waals surface area contributed by atoms with E-state index in [2.05, 4.69) is 22.6 Å². The number of para-hydroxylation sites is 2. The minimum absolute atomic E-state index is 0.0130. The van der Waals surface area contributed by atoms with E-state index in [1.807, 2.05) is 0 Å². The standard InChI is InChI=1S/C17H20N4O3/c1-20-11-6-7-12(20)9-10(8-11)18-17(23)15(22)16-19-13-4-2-3-5-14(13)21(16)24/h2-5,10-12,16H,6-9H2,1H3,(H-,18,19,23,24)/p+1. The van der Waals surface area contributed by atoms with E-state index >= 15 is 0 Å². The van der Waals surface area contributed by atoms with Crippen LogP contribution in [0.4, 0.5) is 11.4 Å². The number of hydrogen-bond donors (Lipinski definition) is 2. The monoisotopic (exact) mass is 329 g/mol. The van der Waals surface area contributed by atoms with Crippen LogP contribution in [0.15, 0.2) is 24.3 Å². The smallest absolute Gasteiger partial charge is 0.346 e. The molecule has 1 amide bonds. The Bertz CT molecular complexity index is 706. The summed E-state index contributed by atoms with van der Waals surface area (Å²) < 4.78 is 0.579. The summed E-state index contributed by atoms with van der Waals surface area (Å²) in [4.78, 5) is 39.4. The van der Waals surface area contributed by atoms with Gasteiger partial charge in [0.25, 0.3) is 11.6 Å². The van der Waals surface area contributed by atoms with Gasteiger partial charge in [-0.05, 0) is 38.8 Å². The molecule has 0 radical (unpaired) electrons. The van der Waals surface area contributed by atoms with E-state index in [0.29, 0.717) is 28.2 Å². The molecule has 2 bridgehead atoms. The number of piperidine rings is 1. The topological polar surface area (TPSA) is 81.5 Å². The zero-order valence-electron chi connectivity index (χ0n) is 13.6. The van der Waals surface area contributed by atoms with Crippen LogP contribution in [0.25, 0.3) is 0 Å². The fraction of sp³-hybridized carbons (Fsp3) is 0.529. The molecule has 3 unspecified atom stereocenters. The lowest BCUT2D eigenvalue weighted by Gasteiger charge is -2.36. The number of benzene rings is 1. The third-order valence-electron chi connectivity index (χ3n) is 5.57. The number of carbonyl (C=O) groups excluding carboxylic acids is 2. The van der Waals surface area contributed by atoms with E-state index in [4.69, 9.17) is 0 Å². The predicted octanol–water partition coefficient (Wildman–Crippen LogP) is 1.16. The minimum Gasteiger partial charge on any atom is -0.346 e. The molecule has 24 heavy (non-hydrogen) atoms. The van der Waals surface area contributed by atoms with Crippen molar-refractivity contribution in [1.29, 1.82) is 0 Å². The van der Waals surface area contributed by atoms with Gasteiger partial charge in [-0.1, -0.05) is 12.1 Å². The van der Waals surface area contributed by atoms with Crippen LogP contribution in [0, 0.1) is 4.91 Å². The number of carbonyl (C=O) groups is 2. The van der Waals surface area contributed by atoms with Crippen molar-refractivity contribution in [3.63, 3.8) is 0 Å². The molecule has 1 aromatic rings. The lowest BCUT2D eigenvalue weighted by atomic mass is 9.98. The average Bonchev–Trinajstić information content (AvgIpc) is 2.99. The molecule has 126 valence electrons. The molecule has 0 aromatic heterocycles. The normalized spacial score (nSPS) is 31.5. The third kappa shape index (κ3) is 2.39. The zero-order valence-corrected chi connectivity index (χ0v) is 13.6. The maximum atomic E-state index is 12.4. The number of nitrogens with zero attached hydrogens (tertiary/aromatic N) is 2. The fourth-order valence-electron chi connectivity index (χ4n) is 4.21. The van der Waals surface area contributed by atoms with Gasteiger partial charge in [-0.3, -0.25) is 9.59 Å². The van der Waals surface area contributed by atoms with E-state index in [0.717, 1.165) is 25.7 Å². The van der Waals surface area contributed by atoms with E-state index in [1.54, 1.807) is 24.3 Å². The second kappa shape index (κ2) is 5.66. The van der Waals surface area contributed by atoms with Gasteiger partial charge in [-0.15, -0.1) is 0 Å². The summed E-state index contributed by atoms with van der Waals surface area (Å²) in [5.74, 6) is -1.40. The second-order valence-electron chi connectivity index (χ2n) is 6.95. The van der Waals surface area contributed by atoms with Crippen LogP contribution in [-0.4, -0.2) is 52.7 Å². The largest absolute Gasteiger partial charge is 0.349 e. The molecule has 7 nitrogen and oxygen atoms in total. The summed E-state index contributed by atoms with van der Waals surface area (Å²) in [5.41, 5.74) is 0.969. The number of ketones is 1. The predicted molar refractivity (Wildman–Crippen MR) is 87.9 cm³/mol. The van der Waals surface area contributed by atoms with Crippen molar-refractivity contribution in [3.8, 4) is 0 Å². The first-order valence-corrected chi connectivity index (χ1v) is 8.43. The lowest BCUT2D eigenvalue weighted by Crippen LogP contribution is -2.52. The molecule has 0 aliphatic carbocycles. The molecular formula is C17H21N4O3+. The maximum absolute atomic E-state index is 12.4. The van der Waals surface area contributed by atoms with Gasteiger partial charge in [0.1, 0.15) is 5.69 Å². The van der Waals surface area contributed by atoms with Crippen LogP contribution in [0.2, 0.25) is 0 Å². The van der Waals surface area contributed by atoms with E-state index in [1.165, 1.54) is 0 Å². The summed E-state index contributed by atoms with van der Waals surface area (Å²) in [6.45, 7) is 0. The lowest BCUT2D eigenvalue weighted by molar-refractivity contribution is -0.474. The van der Waals surface area contributed by atoms with Crippen LogP contribution in [0.1, 0.15) is 25.7 Å². The highest BCUT2D eigenvalue weighted by Gasteiger charge is 2.47. The maximum Gasteiger partial charge on any atom is 0.349 e. The number of Topliss-reactive ketones (excluding diaryl/α,β-unsaturated/α-hetero) is 1. The highest BCUT2D eigenvalue weighted by atomic mass is 16.3. The van der Waals surface area contributed by atoms with E-state index in [9.17, 15) is 14.5 Å². The molecule has 2 N–H and O–H groups in total. The Labute approximate surface area is 140 Å². The van der Waals surface area contributed by atoms with Crippen molar-refractivity contribution in [1.82, 2.24) is 10.2 Å². The number of fused-ring (bicyclic) bond motifs is 3. The van der Waals surface area contributed by atoms with Gasteiger partial charge in [-0.2, -0.15) is 0 Å². The van der Waals surface area contributed by atoms with Crippen molar-refractivity contribution >= 4 is 23.1 Å². The molecule has 2 fully saturated rings. The number of anilines is 1. The summed E-state index contributed by atoms with van der Waals surface area (Å²) in [6.07, 6.45) is 2.85. The number of hydrogen-bond acceptors (Lipinski definition) is 5. The first kappa shape index (κ1) is 15.3. The van der Waals surface area contributed by atoms with Crippen molar-refractivity contribution in [2.75, 3.05) is 12.4 Å². The molecule has 4 rings (SSSR count). The SMILES string of the molecule is CN1C2CCC1CC(NC(=O)C(=O)C1Nc3ccccc3[N+]1=O)C2. The first-order chi connectivity index (χ1) is 11.5. The molecule has 3 aliphatic rings. The molecule has 3 atom stereocenters. The Kier molecular flexibility index (Phi) is 3.60. The summed E-state index contributed by atoms with van der Waals surface area (Å²) in [5, 5.41) is 5.68. The highest BCUT2D eigenvalue weighted by molar-refractivity contribution is 6.38. The average molecular weight is 329 g/mol. The quantitative estimate of drug-likeness (QED) is 0.642. The van der Waals surface area contributed by atoms with Crippen LogP contribution in [0.3, 0.4) is 0 Å². The minimum atomic E-state index is -1.18. The van der Waals surface area contributed by atoms with Crippen molar-refractivity contribution < 1.29 is 14.3 Å².